The highest BCUT2D eigenvalue weighted by Gasteiger charge is 2.28. The van der Waals surface area contributed by atoms with Crippen LogP contribution in [-0.2, 0) is 11.2 Å². The third-order valence-corrected chi connectivity index (χ3v) is 6.17. The number of rotatable bonds is 4. The van der Waals surface area contributed by atoms with Crippen LogP contribution in [0.2, 0.25) is 0 Å². The largest absolute Gasteiger partial charge is 0.454 e. The maximum absolute atomic E-state index is 12.9. The van der Waals surface area contributed by atoms with Crippen LogP contribution in [0.25, 0.3) is 0 Å². The fourth-order valence-electron chi connectivity index (χ4n) is 4.43. The van der Waals surface area contributed by atoms with Crippen LogP contribution in [0.3, 0.4) is 0 Å². The topological polar surface area (TPSA) is 75.7 Å². The molecule has 6 heteroatoms. The van der Waals surface area contributed by atoms with E-state index in [1.54, 1.807) is 42.5 Å². The number of anilines is 1. The minimum absolute atomic E-state index is 0.0113. The number of benzene rings is 3. The second-order valence-corrected chi connectivity index (χ2v) is 8.41. The molecule has 0 radical (unpaired) electrons. The Balaban J connectivity index is 1.34. The molecule has 1 fully saturated rings. The number of hydrogen-bond donors (Lipinski definition) is 1. The van der Waals surface area contributed by atoms with Gasteiger partial charge in [0.05, 0.1) is 5.56 Å². The van der Waals surface area contributed by atoms with Crippen LogP contribution < -0.4 is 5.32 Å². The second kappa shape index (κ2) is 8.90. The zero-order valence-corrected chi connectivity index (χ0v) is 18.1. The molecule has 2 heterocycles. The van der Waals surface area contributed by atoms with Gasteiger partial charge in [0, 0.05) is 36.3 Å². The van der Waals surface area contributed by atoms with Gasteiger partial charge in [-0.1, -0.05) is 36.4 Å². The number of likely N-dealkylation sites (tertiary alicyclic amines) is 1. The number of fused-ring (bicyclic) bond motifs is 1. The van der Waals surface area contributed by atoms with Gasteiger partial charge in [0.25, 0.3) is 11.8 Å². The molecule has 1 saturated heterocycles. The summed E-state index contributed by atoms with van der Waals surface area (Å²) < 4.78 is 5.60. The van der Waals surface area contributed by atoms with Crippen molar-refractivity contribution < 1.29 is 19.1 Å². The lowest BCUT2D eigenvalue weighted by atomic mass is 9.93. The Kier molecular flexibility index (Phi) is 5.65. The van der Waals surface area contributed by atoms with Gasteiger partial charge in [-0.15, -0.1) is 0 Å². The number of hydrogen-bond acceptors (Lipinski definition) is 4. The predicted octanol–water partition coefficient (Wildman–Crippen LogP) is 4.63. The van der Waals surface area contributed by atoms with Crippen LogP contribution >= 0.6 is 0 Å². The van der Waals surface area contributed by atoms with Crippen LogP contribution in [0.4, 0.5) is 5.69 Å². The van der Waals surface area contributed by atoms with E-state index in [-0.39, 0.29) is 23.9 Å². The molecule has 1 atom stereocenters. The number of ether oxygens (including phenoxy) is 1. The van der Waals surface area contributed by atoms with Crippen LogP contribution in [-0.4, -0.2) is 35.8 Å². The van der Waals surface area contributed by atoms with Crippen molar-refractivity contribution in [1.29, 1.82) is 0 Å². The van der Waals surface area contributed by atoms with Gasteiger partial charge in [-0.3, -0.25) is 9.59 Å². The minimum Gasteiger partial charge on any atom is -0.454 e. The fraction of sp³-hybridized carbons (Fsp3) is 0.222. The molecule has 1 N–H and O–H groups in total. The number of nitrogens with zero attached hydrogens (tertiary/aromatic N) is 1. The van der Waals surface area contributed by atoms with E-state index in [4.69, 9.17) is 4.74 Å². The standard InChI is InChI=1S/C27H24N2O4/c30-25(28-22-10-6-9-20(16-22)26(31)29-13-4-5-14-29)19-11-12-23-21(15-19)17-24(33-27(23)32)18-7-2-1-3-8-18/h1-3,6-12,15-16,24H,4-5,13-14,17H2,(H,28,30)/t24-/m0/s1. The molecule has 3 aromatic rings. The number of carbonyl (C=O) groups is 3. The number of cyclic esters (lactones) is 1. The van der Waals surface area contributed by atoms with Crippen LogP contribution in [0.15, 0.2) is 72.8 Å². The van der Waals surface area contributed by atoms with E-state index in [1.807, 2.05) is 35.2 Å². The smallest absolute Gasteiger partial charge is 0.339 e. The highest BCUT2D eigenvalue weighted by atomic mass is 16.5. The molecule has 0 unspecified atom stereocenters. The summed E-state index contributed by atoms with van der Waals surface area (Å²) in [5.74, 6) is -0.688. The molecule has 166 valence electrons. The van der Waals surface area contributed by atoms with Crippen LogP contribution in [0, 0.1) is 0 Å². The molecule has 2 amide bonds. The molecular formula is C27H24N2O4. The van der Waals surface area contributed by atoms with Crippen LogP contribution in [0.1, 0.15) is 61.1 Å². The third kappa shape index (κ3) is 4.37. The van der Waals surface area contributed by atoms with Gasteiger partial charge in [0.15, 0.2) is 0 Å². The van der Waals surface area contributed by atoms with Crippen molar-refractivity contribution in [2.24, 2.45) is 0 Å². The van der Waals surface area contributed by atoms with Crippen molar-refractivity contribution in [2.45, 2.75) is 25.4 Å². The summed E-state index contributed by atoms with van der Waals surface area (Å²) in [5.41, 5.74) is 3.76. The fourth-order valence-corrected chi connectivity index (χ4v) is 4.43. The molecule has 0 aliphatic carbocycles. The van der Waals surface area contributed by atoms with Gasteiger partial charge >= 0.3 is 5.97 Å². The SMILES string of the molecule is O=C(Nc1cccc(C(=O)N2CCCC2)c1)c1ccc2c(c1)C[C@@H](c1ccccc1)OC2=O. The monoisotopic (exact) mass is 440 g/mol. The third-order valence-electron chi connectivity index (χ3n) is 6.17. The van der Waals surface area contributed by atoms with E-state index >= 15 is 0 Å². The van der Waals surface area contributed by atoms with Crippen molar-refractivity contribution in [1.82, 2.24) is 4.90 Å². The molecule has 0 saturated carbocycles. The Hall–Kier alpha value is -3.93. The first-order chi connectivity index (χ1) is 16.1. The average molecular weight is 440 g/mol. The molecule has 2 aliphatic heterocycles. The summed E-state index contributed by atoms with van der Waals surface area (Å²) in [6.45, 7) is 1.55. The lowest BCUT2D eigenvalue weighted by Gasteiger charge is -2.25. The molecule has 0 spiro atoms. The zero-order chi connectivity index (χ0) is 22.8. The minimum atomic E-state index is -0.384. The predicted molar refractivity (Wildman–Crippen MR) is 124 cm³/mol. The number of amides is 2. The Bertz CT molecular complexity index is 1220. The number of carbonyl (C=O) groups excluding carboxylic acids is 3. The number of esters is 1. The number of nitrogens with one attached hydrogen (secondary N) is 1. The Morgan fingerprint density at radius 2 is 1.67 bits per heavy atom. The van der Waals surface area contributed by atoms with E-state index in [2.05, 4.69) is 5.32 Å². The molecule has 3 aromatic carbocycles. The van der Waals surface area contributed by atoms with Crippen molar-refractivity contribution >= 4 is 23.5 Å². The van der Waals surface area contributed by atoms with E-state index in [0.29, 0.717) is 28.8 Å². The molecule has 33 heavy (non-hydrogen) atoms. The highest BCUT2D eigenvalue weighted by Crippen LogP contribution is 2.31. The molecule has 0 bridgehead atoms. The van der Waals surface area contributed by atoms with E-state index in [0.717, 1.165) is 37.1 Å². The maximum Gasteiger partial charge on any atom is 0.339 e. The van der Waals surface area contributed by atoms with Gasteiger partial charge in [-0.2, -0.15) is 0 Å². The summed E-state index contributed by atoms with van der Waals surface area (Å²) >= 11 is 0. The summed E-state index contributed by atoms with van der Waals surface area (Å²) in [6.07, 6.45) is 2.18. The van der Waals surface area contributed by atoms with Gasteiger partial charge in [0.2, 0.25) is 0 Å². The normalized spacial score (nSPS) is 17.3. The highest BCUT2D eigenvalue weighted by molar-refractivity contribution is 6.06. The summed E-state index contributed by atoms with van der Waals surface area (Å²) in [4.78, 5) is 39.9. The Labute approximate surface area is 192 Å². The Morgan fingerprint density at radius 1 is 0.879 bits per heavy atom. The second-order valence-electron chi connectivity index (χ2n) is 8.41. The van der Waals surface area contributed by atoms with Gasteiger partial charge in [0.1, 0.15) is 6.10 Å². The quantitative estimate of drug-likeness (QED) is 0.600. The van der Waals surface area contributed by atoms with Crippen molar-refractivity contribution in [3.05, 3.63) is 101 Å². The lowest BCUT2D eigenvalue weighted by Crippen LogP contribution is -2.27. The summed E-state index contributed by atoms with van der Waals surface area (Å²) in [5, 5.41) is 2.88. The van der Waals surface area contributed by atoms with Crippen molar-refractivity contribution in [2.75, 3.05) is 18.4 Å². The van der Waals surface area contributed by atoms with Gasteiger partial charge in [-0.25, -0.2) is 4.79 Å². The van der Waals surface area contributed by atoms with E-state index in [9.17, 15) is 14.4 Å². The van der Waals surface area contributed by atoms with E-state index < -0.39 is 0 Å². The van der Waals surface area contributed by atoms with Crippen molar-refractivity contribution in [3.63, 3.8) is 0 Å². The zero-order valence-electron chi connectivity index (χ0n) is 18.1. The molecular weight excluding hydrogens is 416 g/mol. The lowest BCUT2D eigenvalue weighted by molar-refractivity contribution is 0.0252. The molecule has 2 aliphatic rings. The first kappa shape index (κ1) is 20.9. The van der Waals surface area contributed by atoms with Gasteiger partial charge < -0.3 is 15.0 Å². The molecule has 0 aromatic heterocycles. The average Bonchev–Trinajstić information content (AvgIpc) is 3.39. The van der Waals surface area contributed by atoms with Crippen LogP contribution in [0.5, 0.6) is 0 Å². The van der Waals surface area contributed by atoms with Gasteiger partial charge in [-0.05, 0) is 60.4 Å². The Morgan fingerprint density at radius 3 is 2.45 bits per heavy atom. The maximum atomic E-state index is 12.9. The summed E-state index contributed by atoms with van der Waals surface area (Å²) in [7, 11) is 0. The first-order valence-corrected chi connectivity index (χ1v) is 11.2. The van der Waals surface area contributed by atoms with Crippen molar-refractivity contribution in [3.8, 4) is 0 Å². The molecule has 6 nitrogen and oxygen atoms in total. The first-order valence-electron chi connectivity index (χ1n) is 11.2. The van der Waals surface area contributed by atoms with E-state index in [1.165, 1.54) is 0 Å². The molecule has 5 rings (SSSR count). The summed E-state index contributed by atoms with van der Waals surface area (Å²) in [6, 6.07) is 21.6.